The molecule has 0 saturated carbocycles. The van der Waals surface area contributed by atoms with Gasteiger partial charge in [0.05, 0.1) is 0 Å². The van der Waals surface area contributed by atoms with Crippen LogP contribution in [-0.4, -0.2) is 18.5 Å². The molecule has 3 nitrogen and oxygen atoms in total. The Kier molecular flexibility index (Phi) is 4.20. The largest absolute Gasteiger partial charge is 0.373 e. The van der Waals surface area contributed by atoms with Crippen LogP contribution < -0.4 is 10.6 Å². The highest BCUT2D eigenvalue weighted by molar-refractivity contribution is 5.87. The zero-order chi connectivity index (χ0) is 14.5. The lowest BCUT2D eigenvalue weighted by molar-refractivity contribution is -0.121. The molecule has 0 saturated heterocycles. The molecule has 2 aromatic carbocycles. The number of benzene rings is 2. The number of carbonyl (C=O) groups is 1. The van der Waals surface area contributed by atoms with Crippen LogP contribution in [0.4, 0.5) is 5.69 Å². The average Bonchev–Trinajstić information content (AvgIpc) is 2.96. The van der Waals surface area contributed by atoms with E-state index < -0.39 is 0 Å². The van der Waals surface area contributed by atoms with Crippen molar-refractivity contribution in [3.63, 3.8) is 0 Å². The van der Waals surface area contributed by atoms with Gasteiger partial charge >= 0.3 is 0 Å². The molecule has 1 amide bonds. The number of para-hydroxylation sites is 1. The highest BCUT2D eigenvalue weighted by atomic mass is 16.2. The third-order valence-corrected chi connectivity index (χ3v) is 3.87. The van der Waals surface area contributed by atoms with Crippen LogP contribution in [0.5, 0.6) is 0 Å². The molecular formula is C18H20N2O. The van der Waals surface area contributed by atoms with Crippen LogP contribution in [-0.2, 0) is 17.6 Å². The van der Waals surface area contributed by atoms with Crippen molar-refractivity contribution in [1.82, 2.24) is 5.32 Å². The summed E-state index contributed by atoms with van der Waals surface area (Å²) in [6, 6.07) is 18.3. The third-order valence-electron chi connectivity index (χ3n) is 3.87. The fourth-order valence-electron chi connectivity index (χ4n) is 2.73. The van der Waals surface area contributed by atoms with Gasteiger partial charge in [-0.1, -0.05) is 48.5 Å². The van der Waals surface area contributed by atoms with Gasteiger partial charge in [0.15, 0.2) is 0 Å². The predicted molar refractivity (Wildman–Crippen MR) is 85.3 cm³/mol. The number of hydrogen-bond acceptors (Lipinski definition) is 2. The molecule has 3 rings (SSSR count). The molecule has 21 heavy (non-hydrogen) atoms. The summed E-state index contributed by atoms with van der Waals surface area (Å²) >= 11 is 0. The summed E-state index contributed by atoms with van der Waals surface area (Å²) in [6.45, 7) is 0.724. The Hall–Kier alpha value is -2.29. The van der Waals surface area contributed by atoms with E-state index in [1.165, 1.54) is 11.1 Å². The van der Waals surface area contributed by atoms with Gasteiger partial charge in [0.2, 0.25) is 5.91 Å². The third kappa shape index (κ3) is 3.43. The summed E-state index contributed by atoms with van der Waals surface area (Å²) < 4.78 is 0. The first kappa shape index (κ1) is 13.7. The Labute approximate surface area is 125 Å². The summed E-state index contributed by atoms with van der Waals surface area (Å²) in [4.78, 5) is 12.2. The lowest BCUT2D eigenvalue weighted by atomic mass is 10.1. The molecule has 0 radical (unpaired) electrons. The van der Waals surface area contributed by atoms with Crippen molar-refractivity contribution in [2.75, 3.05) is 11.9 Å². The second kappa shape index (κ2) is 6.44. The maximum absolute atomic E-state index is 12.2. The van der Waals surface area contributed by atoms with Gasteiger partial charge in [0.1, 0.15) is 6.04 Å². The van der Waals surface area contributed by atoms with Crippen LogP contribution in [0, 0.1) is 0 Å². The van der Waals surface area contributed by atoms with Gasteiger partial charge in [0, 0.05) is 18.7 Å². The van der Waals surface area contributed by atoms with E-state index >= 15 is 0 Å². The lowest BCUT2D eigenvalue weighted by Gasteiger charge is -2.12. The van der Waals surface area contributed by atoms with Gasteiger partial charge < -0.3 is 10.6 Å². The number of rotatable bonds is 5. The molecule has 108 valence electrons. The van der Waals surface area contributed by atoms with Crippen LogP contribution in [0.1, 0.15) is 17.5 Å². The van der Waals surface area contributed by atoms with Gasteiger partial charge in [-0.05, 0) is 30.0 Å². The highest BCUT2D eigenvalue weighted by Gasteiger charge is 2.25. The second-order valence-corrected chi connectivity index (χ2v) is 5.44. The van der Waals surface area contributed by atoms with Crippen LogP contribution in [0.25, 0.3) is 0 Å². The van der Waals surface area contributed by atoms with Crippen molar-refractivity contribution in [2.45, 2.75) is 25.3 Å². The van der Waals surface area contributed by atoms with Gasteiger partial charge in [-0.2, -0.15) is 0 Å². The summed E-state index contributed by atoms with van der Waals surface area (Å²) in [7, 11) is 0. The summed E-state index contributed by atoms with van der Waals surface area (Å²) in [5.41, 5.74) is 3.63. The monoisotopic (exact) mass is 280 g/mol. The van der Waals surface area contributed by atoms with Gasteiger partial charge in [-0.25, -0.2) is 0 Å². The normalized spacial score (nSPS) is 16.1. The molecule has 1 aliphatic heterocycles. The van der Waals surface area contributed by atoms with Crippen molar-refractivity contribution in [2.24, 2.45) is 0 Å². The number of carbonyl (C=O) groups excluding carboxylic acids is 1. The van der Waals surface area contributed by atoms with Crippen molar-refractivity contribution >= 4 is 11.6 Å². The topological polar surface area (TPSA) is 41.1 Å². The van der Waals surface area contributed by atoms with E-state index in [9.17, 15) is 4.79 Å². The molecule has 1 atom stereocenters. The first-order chi connectivity index (χ1) is 10.3. The summed E-state index contributed by atoms with van der Waals surface area (Å²) in [5.74, 6) is 0.0965. The Morgan fingerprint density at radius 1 is 1.10 bits per heavy atom. The highest BCUT2D eigenvalue weighted by Crippen LogP contribution is 2.24. The van der Waals surface area contributed by atoms with Crippen molar-refractivity contribution < 1.29 is 4.79 Å². The molecule has 2 N–H and O–H groups in total. The first-order valence-electron chi connectivity index (χ1n) is 7.49. The van der Waals surface area contributed by atoms with E-state index in [0.717, 1.165) is 31.5 Å². The van der Waals surface area contributed by atoms with Gasteiger partial charge in [-0.3, -0.25) is 4.79 Å². The Morgan fingerprint density at radius 2 is 1.86 bits per heavy atom. The molecular weight excluding hydrogens is 260 g/mol. The summed E-state index contributed by atoms with van der Waals surface area (Å²) in [5, 5.41) is 6.31. The zero-order valence-electron chi connectivity index (χ0n) is 12.0. The minimum atomic E-state index is -0.126. The zero-order valence-corrected chi connectivity index (χ0v) is 12.0. The SMILES string of the molecule is O=C(NCCCc1ccccc1)[C@@H]1Cc2ccccc2N1. The molecule has 0 spiro atoms. The van der Waals surface area contributed by atoms with Crippen molar-refractivity contribution in [3.8, 4) is 0 Å². The van der Waals surface area contributed by atoms with E-state index in [4.69, 9.17) is 0 Å². The molecule has 0 bridgehead atoms. The molecule has 1 aliphatic rings. The fourth-order valence-corrected chi connectivity index (χ4v) is 2.73. The van der Waals surface area contributed by atoms with Crippen LogP contribution in [0.3, 0.4) is 0 Å². The van der Waals surface area contributed by atoms with Crippen molar-refractivity contribution in [1.29, 1.82) is 0 Å². The molecule has 1 heterocycles. The smallest absolute Gasteiger partial charge is 0.242 e. The first-order valence-corrected chi connectivity index (χ1v) is 7.49. The van der Waals surface area contributed by atoms with Crippen LogP contribution >= 0.6 is 0 Å². The Morgan fingerprint density at radius 3 is 2.67 bits per heavy atom. The Bertz CT molecular complexity index is 585. The molecule has 0 aromatic heterocycles. The maximum atomic E-state index is 12.2. The van der Waals surface area contributed by atoms with E-state index in [-0.39, 0.29) is 11.9 Å². The van der Waals surface area contributed by atoms with Gasteiger partial charge in [0.25, 0.3) is 0 Å². The van der Waals surface area contributed by atoms with Gasteiger partial charge in [-0.15, -0.1) is 0 Å². The fraction of sp³-hybridized carbons (Fsp3) is 0.278. The number of anilines is 1. The van der Waals surface area contributed by atoms with E-state index in [1.807, 2.05) is 36.4 Å². The Balaban J connectivity index is 1.42. The maximum Gasteiger partial charge on any atom is 0.242 e. The second-order valence-electron chi connectivity index (χ2n) is 5.44. The molecule has 0 unspecified atom stereocenters. The lowest BCUT2D eigenvalue weighted by Crippen LogP contribution is -2.38. The predicted octanol–water partition coefficient (Wildman–Crippen LogP) is 2.77. The number of aryl methyl sites for hydroxylation is 1. The van der Waals surface area contributed by atoms with E-state index in [2.05, 4.69) is 28.8 Å². The molecule has 2 aromatic rings. The molecule has 0 fully saturated rings. The van der Waals surface area contributed by atoms with E-state index in [0.29, 0.717) is 0 Å². The summed E-state index contributed by atoms with van der Waals surface area (Å²) in [6.07, 6.45) is 2.75. The number of amides is 1. The number of nitrogens with one attached hydrogen (secondary N) is 2. The number of fused-ring (bicyclic) bond motifs is 1. The van der Waals surface area contributed by atoms with Crippen molar-refractivity contribution in [3.05, 3.63) is 65.7 Å². The van der Waals surface area contributed by atoms with Crippen LogP contribution in [0.2, 0.25) is 0 Å². The molecule has 0 aliphatic carbocycles. The number of hydrogen-bond donors (Lipinski definition) is 2. The minimum absolute atomic E-state index is 0.0965. The molecule has 3 heteroatoms. The standard InChI is InChI=1S/C18H20N2O/c21-18(17-13-15-10-4-5-11-16(15)20-17)19-12-6-9-14-7-2-1-3-8-14/h1-5,7-8,10-11,17,20H,6,9,12-13H2,(H,19,21)/t17-/m0/s1. The van der Waals surface area contributed by atoms with E-state index in [1.54, 1.807) is 0 Å². The minimum Gasteiger partial charge on any atom is -0.373 e. The average molecular weight is 280 g/mol. The van der Waals surface area contributed by atoms with Crippen LogP contribution in [0.15, 0.2) is 54.6 Å². The quantitative estimate of drug-likeness (QED) is 0.827.